The molecule has 3 rings (SSSR count). The average Bonchev–Trinajstić information content (AvgIpc) is 3.13. The third kappa shape index (κ3) is 2.52. The minimum atomic E-state index is 0.474. The minimum Gasteiger partial charge on any atom is -0.399 e. The van der Waals surface area contributed by atoms with Crippen LogP contribution < -0.4 is 5.73 Å². The molecule has 0 saturated heterocycles. The molecular formula is C15H17N5O. The molecule has 3 aromatic rings. The van der Waals surface area contributed by atoms with Gasteiger partial charge in [-0.05, 0) is 31.5 Å². The summed E-state index contributed by atoms with van der Waals surface area (Å²) in [5.74, 6) is 1.00. The Morgan fingerprint density at radius 3 is 2.81 bits per heavy atom. The van der Waals surface area contributed by atoms with Gasteiger partial charge >= 0.3 is 0 Å². The van der Waals surface area contributed by atoms with Gasteiger partial charge in [-0.1, -0.05) is 24.2 Å². The van der Waals surface area contributed by atoms with Gasteiger partial charge in [-0.3, -0.25) is 4.68 Å². The molecule has 0 aliphatic heterocycles. The zero-order valence-corrected chi connectivity index (χ0v) is 12.1. The highest BCUT2D eigenvalue weighted by molar-refractivity contribution is 5.62. The standard InChI is InChI=1S/C15H17N5O/c1-3-12-9-13(20(4-2)18-12)15-17-14(19-21-15)10-6-5-7-11(16)8-10/h5-9H,3-4,16H2,1-2H3. The molecule has 0 atom stereocenters. The Labute approximate surface area is 122 Å². The van der Waals surface area contributed by atoms with Crippen molar-refractivity contribution in [2.24, 2.45) is 0 Å². The molecule has 0 saturated carbocycles. The Morgan fingerprint density at radius 2 is 2.10 bits per heavy atom. The largest absolute Gasteiger partial charge is 0.399 e. The van der Waals surface area contributed by atoms with E-state index in [9.17, 15) is 0 Å². The van der Waals surface area contributed by atoms with Crippen LogP contribution in [0.25, 0.3) is 23.0 Å². The molecule has 0 spiro atoms. The van der Waals surface area contributed by atoms with E-state index in [1.165, 1.54) is 0 Å². The van der Waals surface area contributed by atoms with Gasteiger partial charge in [0.1, 0.15) is 5.69 Å². The number of aryl methyl sites for hydroxylation is 2. The van der Waals surface area contributed by atoms with Crippen LogP contribution in [0, 0.1) is 0 Å². The zero-order valence-electron chi connectivity index (χ0n) is 12.1. The summed E-state index contributed by atoms with van der Waals surface area (Å²) in [5.41, 5.74) is 9.14. The number of nitrogens with zero attached hydrogens (tertiary/aromatic N) is 4. The Morgan fingerprint density at radius 1 is 1.24 bits per heavy atom. The lowest BCUT2D eigenvalue weighted by Gasteiger charge is -1.98. The van der Waals surface area contributed by atoms with E-state index < -0.39 is 0 Å². The van der Waals surface area contributed by atoms with Crippen molar-refractivity contribution < 1.29 is 4.52 Å². The number of hydrogen-bond acceptors (Lipinski definition) is 5. The van der Waals surface area contributed by atoms with Gasteiger partial charge in [0.15, 0.2) is 0 Å². The van der Waals surface area contributed by atoms with Crippen LogP contribution in [0.4, 0.5) is 5.69 Å². The maximum absolute atomic E-state index is 5.78. The smallest absolute Gasteiger partial charge is 0.276 e. The van der Waals surface area contributed by atoms with Crippen LogP contribution in [0.3, 0.4) is 0 Å². The highest BCUT2D eigenvalue weighted by Gasteiger charge is 2.16. The van der Waals surface area contributed by atoms with Gasteiger partial charge in [0.25, 0.3) is 5.89 Å². The summed E-state index contributed by atoms with van der Waals surface area (Å²) in [6.45, 7) is 4.86. The predicted octanol–water partition coefficient (Wildman–Crippen LogP) is 2.76. The van der Waals surface area contributed by atoms with Crippen LogP contribution in [-0.4, -0.2) is 19.9 Å². The Bertz CT molecular complexity index is 759. The molecule has 0 amide bonds. The molecule has 0 bridgehead atoms. The highest BCUT2D eigenvalue weighted by Crippen LogP contribution is 2.24. The summed E-state index contributed by atoms with van der Waals surface area (Å²) in [7, 11) is 0. The first-order valence-corrected chi connectivity index (χ1v) is 6.98. The van der Waals surface area contributed by atoms with Crippen LogP contribution in [-0.2, 0) is 13.0 Å². The van der Waals surface area contributed by atoms with Crippen LogP contribution >= 0.6 is 0 Å². The maximum Gasteiger partial charge on any atom is 0.276 e. The quantitative estimate of drug-likeness (QED) is 0.744. The number of nitrogen functional groups attached to an aromatic ring is 1. The van der Waals surface area contributed by atoms with Crippen LogP contribution in [0.15, 0.2) is 34.9 Å². The fraction of sp³-hybridized carbons (Fsp3) is 0.267. The number of aromatic nitrogens is 4. The molecule has 0 unspecified atom stereocenters. The summed E-state index contributed by atoms with van der Waals surface area (Å²) in [4.78, 5) is 4.45. The lowest BCUT2D eigenvalue weighted by atomic mass is 10.2. The van der Waals surface area contributed by atoms with E-state index in [1.54, 1.807) is 0 Å². The Balaban J connectivity index is 2.00. The third-order valence-corrected chi connectivity index (χ3v) is 3.28. The van der Waals surface area contributed by atoms with Crippen LogP contribution in [0.5, 0.6) is 0 Å². The summed E-state index contributed by atoms with van der Waals surface area (Å²) < 4.78 is 7.25. The molecule has 21 heavy (non-hydrogen) atoms. The number of anilines is 1. The number of benzene rings is 1. The topological polar surface area (TPSA) is 82.8 Å². The summed E-state index contributed by atoms with van der Waals surface area (Å²) in [5, 5.41) is 8.52. The van der Waals surface area contributed by atoms with E-state index in [0.29, 0.717) is 17.4 Å². The van der Waals surface area contributed by atoms with Gasteiger partial charge in [0, 0.05) is 17.8 Å². The highest BCUT2D eigenvalue weighted by atomic mass is 16.5. The summed E-state index contributed by atoms with van der Waals surface area (Å²) >= 11 is 0. The monoisotopic (exact) mass is 283 g/mol. The second-order valence-corrected chi connectivity index (χ2v) is 4.74. The lowest BCUT2D eigenvalue weighted by molar-refractivity contribution is 0.427. The zero-order chi connectivity index (χ0) is 14.8. The molecule has 2 aromatic heterocycles. The van der Waals surface area contributed by atoms with E-state index in [4.69, 9.17) is 10.3 Å². The van der Waals surface area contributed by atoms with Crippen molar-refractivity contribution in [3.8, 4) is 23.0 Å². The van der Waals surface area contributed by atoms with E-state index >= 15 is 0 Å². The normalized spacial score (nSPS) is 11.0. The van der Waals surface area contributed by atoms with E-state index in [2.05, 4.69) is 22.2 Å². The van der Waals surface area contributed by atoms with Gasteiger partial charge in [-0.2, -0.15) is 10.1 Å². The minimum absolute atomic E-state index is 0.474. The summed E-state index contributed by atoms with van der Waals surface area (Å²) in [6.07, 6.45) is 0.871. The van der Waals surface area contributed by atoms with Crippen molar-refractivity contribution in [2.45, 2.75) is 26.8 Å². The van der Waals surface area contributed by atoms with Gasteiger partial charge in [-0.15, -0.1) is 0 Å². The first-order valence-electron chi connectivity index (χ1n) is 6.98. The van der Waals surface area contributed by atoms with Crippen molar-refractivity contribution in [1.82, 2.24) is 19.9 Å². The van der Waals surface area contributed by atoms with Gasteiger partial charge in [0.2, 0.25) is 5.82 Å². The van der Waals surface area contributed by atoms with E-state index in [-0.39, 0.29) is 0 Å². The molecule has 108 valence electrons. The second kappa shape index (κ2) is 5.40. The molecule has 1 aromatic carbocycles. The third-order valence-electron chi connectivity index (χ3n) is 3.28. The molecule has 0 radical (unpaired) electrons. The fourth-order valence-corrected chi connectivity index (χ4v) is 2.18. The first-order chi connectivity index (χ1) is 10.2. The predicted molar refractivity (Wildman–Crippen MR) is 80.4 cm³/mol. The van der Waals surface area contributed by atoms with Crippen molar-refractivity contribution in [2.75, 3.05) is 5.73 Å². The number of rotatable bonds is 4. The molecule has 6 nitrogen and oxygen atoms in total. The number of hydrogen-bond donors (Lipinski definition) is 1. The lowest BCUT2D eigenvalue weighted by Crippen LogP contribution is -1.99. The SMILES string of the molecule is CCc1cc(-c2nc(-c3cccc(N)c3)no2)n(CC)n1. The van der Waals surface area contributed by atoms with Crippen LogP contribution in [0.2, 0.25) is 0 Å². The molecule has 6 heteroatoms. The van der Waals surface area contributed by atoms with Crippen LogP contribution in [0.1, 0.15) is 19.5 Å². The molecule has 2 N–H and O–H groups in total. The fourth-order valence-electron chi connectivity index (χ4n) is 2.18. The molecule has 2 heterocycles. The van der Waals surface area contributed by atoms with Gasteiger partial charge in [0.05, 0.1) is 5.69 Å². The molecule has 0 aliphatic carbocycles. The van der Waals surface area contributed by atoms with Crippen molar-refractivity contribution in [3.63, 3.8) is 0 Å². The van der Waals surface area contributed by atoms with Gasteiger partial charge in [-0.25, -0.2) is 0 Å². The van der Waals surface area contributed by atoms with E-state index in [1.807, 2.05) is 41.9 Å². The van der Waals surface area contributed by atoms with Crippen molar-refractivity contribution >= 4 is 5.69 Å². The van der Waals surface area contributed by atoms with E-state index in [0.717, 1.165) is 29.9 Å². The molecule has 0 fully saturated rings. The first kappa shape index (κ1) is 13.4. The maximum atomic E-state index is 5.78. The van der Waals surface area contributed by atoms with Crippen molar-refractivity contribution in [1.29, 1.82) is 0 Å². The Kier molecular flexibility index (Phi) is 3.43. The molecular weight excluding hydrogens is 266 g/mol. The average molecular weight is 283 g/mol. The number of nitrogens with two attached hydrogens (primary N) is 1. The molecule has 0 aliphatic rings. The summed E-state index contributed by atoms with van der Waals surface area (Å²) in [6, 6.07) is 9.40. The van der Waals surface area contributed by atoms with Crippen molar-refractivity contribution in [3.05, 3.63) is 36.0 Å². The second-order valence-electron chi connectivity index (χ2n) is 4.74. The Hall–Kier alpha value is -2.63. The van der Waals surface area contributed by atoms with Gasteiger partial charge < -0.3 is 10.3 Å².